The van der Waals surface area contributed by atoms with Gasteiger partial charge in [-0.2, -0.15) is 5.10 Å². The van der Waals surface area contributed by atoms with Crippen LogP contribution in [0.3, 0.4) is 0 Å². The van der Waals surface area contributed by atoms with E-state index >= 15 is 0 Å². The zero-order valence-electron chi connectivity index (χ0n) is 13.6. The van der Waals surface area contributed by atoms with Crippen LogP contribution in [-0.2, 0) is 10.5 Å². The molecule has 0 aliphatic rings. The summed E-state index contributed by atoms with van der Waals surface area (Å²) in [5, 5.41) is 3.96. The van der Waals surface area contributed by atoms with Crippen molar-refractivity contribution in [2.75, 3.05) is 12.4 Å². The summed E-state index contributed by atoms with van der Waals surface area (Å²) in [6.07, 6.45) is 3.31. The number of hydrazone groups is 1. The number of nitrogens with one attached hydrogen (secondary N) is 1. The summed E-state index contributed by atoms with van der Waals surface area (Å²) in [5.74, 6) is 1.80. The topological polar surface area (TPSA) is 50.7 Å². The molecular formula is C19H19ClN2O2S. The van der Waals surface area contributed by atoms with E-state index in [0.717, 1.165) is 17.1 Å². The number of benzene rings is 2. The van der Waals surface area contributed by atoms with E-state index in [2.05, 4.69) is 10.5 Å². The van der Waals surface area contributed by atoms with Crippen molar-refractivity contribution < 1.29 is 9.53 Å². The highest BCUT2D eigenvalue weighted by Crippen LogP contribution is 2.12. The maximum absolute atomic E-state index is 11.7. The monoisotopic (exact) mass is 374 g/mol. The van der Waals surface area contributed by atoms with E-state index in [4.69, 9.17) is 16.3 Å². The summed E-state index contributed by atoms with van der Waals surface area (Å²) in [6.45, 7) is 0.424. The van der Waals surface area contributed by atoms with E-state index in [9.17, 15) is 4.79 Å². The van der Waals surface area contributed by atoms with E-state index in [0.29, 0.717) is 12.4 Å². The molecule has 130 valence electrons. The largest absolute Gasteiger partial charge is 0.490 e. The quantitative estimate of drug-likeness (QED) is 0.528. The third kappa shape index (κ3) is 7.92. The van der Waals surface area contributed by atoms with Gasteiger partial charge in [0.1, 0.15) is 12.4 Å². The Morgan fingerprint density at radius 2 is 1.92 bits per heavy atom. The molecule has 2 aromatic carbocycles. The Balaban J connectivity index is 1.68. The molecule has 0 spiro atoms. The minimum absolute atomic E-state index is 0.120. The summed E-state index contributed by atoms with van der Waals surface area (Å²) in [5.41, 5.74) is 6.02. The third-order valence-corrected chi connectivity index (χ3v) is 4.24. The molecule has 0 bridgehead atoms. The highest BCUT2D eigenvalue weighted by atomic mass is 35.5. The van der Waals surface area contributed by atoms with Crippen molar-refractivity contribution in [3.63, 3.8) is 0 Å². The molecule has 0 saturated heterocycles. The zero-order valence-corrected chi connectivity index (χ0v) is 15.2. The number of carbonyl (C=O) groups is 1. The number of carbonyl (C=O) groups excluding carboxylic acids is 1. The van der Waals surface area contributed by atoms with Gasteiger partial charge in [0.05, 0.1) is 12.0 Å². The van der Waals surface area contributed by atoms with Crippen LogP contribution in [0.1, 0.15) is 11.1 Å². The Bertz CT molecular complexity index is 703. The first-order chi connectivity index (χ1) is 12.3. The van der Waals surface area contributed by atoms with Crippen molar-refractivity contribution in [2.45, 2.75) is 5.75 Å². The highest BCUT2D eigenvalue weighted by molar-refractivity contribution is 7.99. The maximum atomic E-state index is 11.7. The fourth-order valence-electron chi connectivity index (χ4n) is 1.88. The lowest BCUT2D eigenvalue weighted by molar-refractivity contribution is -0.118. The summed E-state index contributed by atoms with van der Waals surface area (Å²) < 4.78 is 5.44. The van der Waals surface area contributed by atoms with Crippen molar-refractivity contribution in [1.29, 1.82) is 0 Å². The second-order valence-corrected chi connectivity index (χ2v) is 6.25. The van der Waals surface area contributed by atoms with E-state index in [-0.39, 0.29) is 5.91 Å². The van der Waals surface area contributed by atoms with Gasteiger partial charge >= 0.3 is 0 Å². The van der Waals surface area contributed by atoms with Crippen LogP contribution in [0, 0.1) is 0 Å². The van der Waals surface area contributed by atoms with Crippen molar-refractivity contribution in [3.8, 4) is 5.75 Å². The van der Waals surface area contributed by atoms with E-state index < -0.39 is 0 Å². The molecule has 1 amide bonds. The molecule has 25 heavy (non-hydrogen) atoms. The predicted octanol–water partition coefficient (Wildman–Crippen LogP) is 4.20. The van der Waals surface area contributed by atoms with Crippen LogP contribution < -0.4 is 10.2 Å². The molecule has 6 heteroatoms. The number of nitrogens with zero attached hydrogens (tertiary/aromatic N) is 1. The molecule has 0 fully saturated rings. The van der Waals surface area contributed by atoms with Crippen molar-refractivity contribution >= 4 is 35.5 Å². The van der Waals surface area contributed by atoms with Crippen LogP contribution in [0.2, 0.25) is 0 Å². The van der Waals surface area contributed by atoms with Gasteiger partial charge in [0.25, 0.3) is 0 Å². The summed E-state index contributed by atoms with van der Waals surface area (Å²) >= 11 is 6.98. The van der Waals surface area contributed by atoms with E-state index in [1.165, 1.54) is 11.1 Å². The first-order valence-electron chi connectivity index (χ1n) is 7.69. The SMILES string of the molecule is O=C(CSCc1ccccc1)N/N=C/c1ccc(OC/C=C/Cl)cc1. The molecule has 0 heterocycles. The lowest BCUT2D eigenvalue weighted by atomic mass is 10.2. The first kappa shape index (κ1) is 19.1. The van der Waals surface area contributed by atoms with Gasteiger partial charge in [-0.3, -0.25) is 4.79 Å². The number of halogens is 1. The van der Waals surface area contributed by atoms with Gasteiger partial charge in [-0.05, 0) is 41.5 Å². The molecule has 0 atom stereocenters. The Morgan fingerprint density at radius 1 is 1.16 bits per heavy atom. The average molecular weight is 375 g/mol. The average Bonchev–Trinajstić information content (AvgIpc) is 2.64. The third-order valence-electron chi connectivity index (χ3n) is 3.06. The molecule has 4 nitrogen and oxygen atoms in total. The molecule has 0 unspecified atom stereocenters. The van der Waals surface area contributed by atoms with Gasteiger partial charge in [0, 0.05) is 11.3 Å². The van der Waals surface area contributed by atoms with E-state index in [1.807, 2.05) is 54.6 Å². The van der Waals surface area contributed by atoms with Crippen LogP contribution in [0.4, 0.5) is 0 Å². The van der Waals surface area contributed by atoms with Gasteiger partial charge in [0.2, 0.25) is 5.91 Å². The van der Waals surface area contributed by atoms with Crippen LogP contribution in [0.15, 0.2) is 71.3 Å². The first-order valence-corrected chi connectivity index (χ1v) is 9.28. The number of thioether (sulfide) groups is 1. The molecule has 1 N–H and O–H groups in total. The fraction of sp³-hybridized carbons (Fsp3) is 0.158. The molecule has 0 aliphatic carbocycles. The zero-order chi connectivity index (χ0) is 17.7. The van der Waals surface area contributed by atoms with Gasteiger partial charge in [-0.15, -0.1) is 11.8 Å². The Labute approximate surface area is 156 Å². The number of rotatable bonds is 9. The molecule has 0 radical (unpaired) electrons. The summed E-state index contributed by atoms with van der Waals surface area (Å²) in [4.78, 5) is 11.7. The molecule has 2 rings (SSSR count). The van der Waals surface area contributed by atoms with Crippen molar-refractivity contribution in [2.24, 2.45) is 5.10 Å². The molecular weight excluding hydrogens is 356 g/mol. The van der Waals surface area contributed by atoms with Crippen LogP contribution in [-0.4, -0.2) is 24.5 Å². The Hall–Kier alpha value is -2.24. The number of amides is 1. The second-order valence-electron chi connectivity index (χ2n) is 5.01. The lowest BCUT2D eigenvalue weighted by Gasteiger charge is -2.03. The summed E-state index contributed by atoms with van der Waals surface area (Å²) in [6, 6.07) is 17.4. The van der Waals surface area contributed by atoms with E-state index in [1.54, 1.807) is 24.1 Å². The maximum Gasteiger partial charge on any atom is 0.250 e. The van der Waals surface area contributed by atoms with Crippen LogP contribution in [0.5, 0.6) is 5.75 Å². The van der Waals surface area contributed by atoms with Gasteiger partial charge in [-0.1, -0.05) is 41.9 Å². The van der Waals surface area contributed by atoms with Crippen molar-refractivity contribution in [1.82, 2.24) is 5.43 Å². The Morgan fingerprint density at radius 3 is 2.64 bits per heavy atom. The highest BCUT2D eigenvalue weighted by Gasteiger charge is 2.00. The molecule has 0 aromatic heterocycles. The second kappa shape index (κ2) is 11.3. The smallest absolute Gasteiger partial charge is 0.250 e. The molecule has 2 aromatic rings. The minimum Gasteiger partial charge on any atom is -0.490 e. The predicted molar refractivity (Wildman–Crippen MR) is 105 cm³/mol. The molecule has 0 aliphatic heterocycles. The summed E-state index contributed by atoms with van der Waals surface area (Å²) in [7, 11) is 0. The minimum atomic E-state index is -0.120. The number of ether oxygens (including phenoxy) is 1. The van der Waals surface area contributed by atoms with Crippen LogP contribution >= 0.6 is 23.4 Å². The van der Waals surface area contributed by atoms with Crippen LogP contribution in [0.25, 0.3) is 0 Å². The molecule has 0 saturated carbocycles. The fourth-order valence-corrected chi connectivity index (χ4v) is 2.73. The number of hydrogen-bond acceptors (Lipinski definition) is 4. The Kier molecular flexibility index (Phi) is 8.66. The number of hydrogen-bond donors (Lipinski definition) is 1. The lowest BCUT2D eigenvalue weighted by Crippen LogP contribution is -2.19. The van der Waals surface area contributed by atoms with Gasteiger partial charge in [-0.25, -0.2) is 5.43 Å². The normalized spacial score (nSPS) is 11.1. The van der Waals surface area contributed by atoms with Gasteiger partial charge < -0.3 is 4.74 Å². The standard InChI is InChI=1S/C19H19ClN2O2S/c20-11-4-12-24-18-9-7-16(8-10-18)13-21-22-19(23)15-25-14-17-5-2-1-3-6-17/h1-11,13H,12,14-15H2,(H,22,23)/b11-4+,21-13+. The van der Waals surface area contributed by atoms with Gasteiger partial charge in [0.15, 0.2) is 0 Å². The van der Waals surface area contributed by atoms with Crippen molar-refractivity contribution in [3.05, 3.63) is 77.3 Å².